The molecule has 2 aromatic carbocycles. The van der Waals surface area contributed by atoms with Gasteiger partial charge >= 0.3 is 0 Å². The highest BCUT2D eigenvalue weighted by Crippen LogP contribution is 2.27. The van der Waals surface area contributed by atoms with Crippen molar-refractivity contribution in [2.45, 2.75) is 6.42 Å². The summed E-state index contributed by atoms with van der Waals surface area (Å²) < 4.78 is 18.3. The van der Waals surface area contributed by atoms with Crippen LogP contribution in [0.4, 0.5) is 10.1 Å². The highest BCUT2D eigenvalue weighted by Gasteiger charge is 2.12. The zero-order valence-corrected chi connectivity index (χ0v) is 14.8. The van der Waals surface area contributed by atoms with E-state index in [0.717, 1.165) is 5.56 Å². The fourth-order valence-electron chi connectivity index (χ4n) is 2.20. The van der Waals surface area contributed by atoms with Gasteiger partial charge in [-0.1, -0.05) is 23.7 Å². The average Bonchev–Trinajstić information content (AvgIpc) is 2.62. The number of rotatable bonds is 7. The van der Waals surface area contributed by atoms with E-state index in [0.29, 0.717) is 29.4 Å². The van der Waals surface area contributed by atoms with E-state index >= 15 is 0 Å². The maximum atomic E-state index is 13.1. The first-order valence-electron chi connectivity index (χ1n) is 7.76. The van der Waals surface area contributed by atoms with Gasteiger partial charge in [0, 0.05) is 17.8 Å². The van der Waals surface area contributed by atoms with Crippen molar-refractivity contribution in [3.63, 3.8) is 0 Å². The molecule has 0 aromatic heterocycles. The second-order valence-electron chi connectivity index (χ2n) is 5.30. The van der Waals surface area contributed by atoms with E-state index in [1.807, 2.05) is 6.07 Å². The normalized spacial score (nSPS) is 10.8. The number of nitrogens with one attached hydrogen (secondary N) is 2. The summed E-state index contributed by atoms with van der Waals surface area (Å²) in [6, 6.07) is 12.9. The topological polar surface area (TPSA) is 74.1 Å². The van der Waals surface area contributed by atoms with Crippen molar-refractivity contribution in [3.8, 4) is 11.8 Å². The monoisotopic (exact) mass is 373 g/mol. The van der Waals surface area contributed by atoms with Gasteiger partial charge in [0.15, 0.2) is 0 Å². The van der Waals surface area contributed by atoms with Gasteiger partial charge in [-0.3, -0.25) is 4.79 Å². The molecule has 134 valence electrons. The molecule has 0 fully saturated rings. The van der Waals surface area contributed by atoms with Gasteiger partial charge in [0.1, 0.15) is 23.2 Å². The summed E-state index contributed by atoms with van der Waals surface area (Å²) in [7, 11) is 1.47. The molecule has 0 spiro atoms. The molecule has 7 heteroatoms. The number of hydrogen-bond acceptors (Lipinski definition) is 4. The maximum Gasteiger partial charge on any atom is 0.267 e. The first kappa shape index (κ1) is 19.3. The van der Waals surface area contributed by atoms with Gasteiger partial charge in [0.25, 0.3) is 5.91 Å². The summed E-state index contributed by atoms with van der Waals surface area (Å²) in [6.07, 6.45) is 1.88. The van der Waals surface area contributed by atoms with Crippen molar-refractivity contribution < 1.29 is 13.9 Å². The number of benzene rings is 2. The minimum Gasteiger partial charge on any atom is -0.495 e. The number of halogens is 2. The summed E-state index contributed by atoms with van der Waals surface area (Å²) in [5.74, 6) is -0.462. The number of carbonyl (C=O) groups is 1. The second kappa shape index (κ2) is 9.44. The SMILES string of the molecule is COc1ccc(Cl)cc1NC(=O)/C(C#N)=C\NCCc1cccc(F)c1. The molecule has 0 saturated carbocycles. The van der Waals surface area contributed by atoms with Gasteiger partial charge in [-0.25, -0.2) is 4.39 Å². The summed E-state index contributed by atoms with van der Waals surface area (Å²) in [5, 5.41) is 15.1. The van der Waals surface area contributed by atoms with Crippen molar-refractivity contribution in [1.82, 2.24) is 5.32 Å². The van der Waals surface area contributed by atoms with E-state index in [1.54, 1.807) is 24.3 Å². The number of anilines is 1. The Kier molecular flexibility index (Phi) is 7.01. The van der Waals surface area contributed by atoms with Gasteiger partial charge in [-0.2, -0.15) is 5.26 Å². The third-order valence-corrected chi connectivity index (χ3v) is 3.70. The molecule has 2 rings (SSSR count). The number of ether oxygens (including phenoxy) is 1. The molecular formula is C19H17ClFN3O2. The Morgan fingerprint density at radius 1 is 1.35 bits per heavy atom. The highest BCUT2D eigenvalue weighted by molar-refractivity contribution is 6.31. The van der Waals surface area contributed by atoms with E-state index in [1.165, 1.54) is 31.5 Å². The van der Waals surface area contributed by atoms with E-state index in [4.69, 9.17) is 16.3 Å². The lowest BCUT2D eigenvalue weighted by Gasteiger charge is -2.10. The Morgan fingerprint density at radius 2 is 2.15 bits per heavy atom. The van der Waals surface area contributed by atoms with Crippen LogP contribution in [0.2, 0.25) is 5.02 Å². The molecule has 0 unspecified atom stereocenters. The van der Waals surface area contributed by atoms with Crippen LogP contribution in [0.3, 0.4) is 0 Å². The lowest BCUT2D eigenvalue weighted by molar-refractivity contribution is -0.112. The van der Waals surface area contributed by atoms with Crippen molar-refractivity contribution in [2.24, 2.45) is 0 Å². The largest absolute Gasteiger partial charge is 0.495 e. The summed E-state index contributed by atoms with van der Waals surface area (Å²) in [6.45, 7) is 0.447. The van der Waals surface area contributed by atoms with Crippen LogP contribution in [0.1, 0.15) is 5.56 Å². The van der Waals surface area contributed by atoms with Gasteiger partial charge in [-0.15, -0.1) is 0 Å². The quantitative estimate of drug-likeness (QED) is 0.441. The molecule has 1 amide bonds. The molecule has 26 heavy (non-hydrogen) atoms. The molecule has 2 aromatic rings. The molecule has 0 aliphatic heterocycles. The summed E-state index contributed by atoms with van der Waals surface area (Å²) in [5.41, 5.74) is 1.08. The number of methoxy groups -OCH3 is 1. The molecule has 5 nitrogen and oxygen atoms in total. The van der Waals surface area contributed by atoms with E-state index in [9.17, 15) is 14.4 Å². The molecule has 0 atom stereocenters. The van der Waals surface area contributed by atoms with Gasteiger partial charge in [0.05, 0.1) is 12.8 Å². The predicted octanol–water partition coefficient (Wildman–Crippen LogP) is 3.67. The molecule has 2 N–H and O–H groups in total. The number of amides is 1. The Bertz CT molecular complexity index is 862. The zero-order valence-electron chi connectivity index (χ0n) is 14.1. The number of hydrogen-bond donors (Lipinski definition) is 2. The van der Waals surface area contributed by atoms with E-state index < -0.39 is 5.91 Å². The minimum atomic E-state index is -0.591. The van der Waals surface area contributed by atoms with Crippen molar-refractivity contribution in [1.29, 1.82) is 5.26 Å². The Balaban J connectivity index is 1.97. The van der Waals surface area contributed by atoms with Crippen LogP contribution in [-0.2, 0) is 11.2 Å². The minimum absolute atomic E-state index is 0.105. The zero-order chi connectivity index (χ0) is 18.9. The van der Waals surface area contributed by atoms with Crippen molar-refractivity contribution >= 4 is 23.2 Å². The Morgan fingerprint density at radius 3 is 2.85 bits per heavy atom. The van der Waals surface area contributed by atoms with Crippen LogP contribution in [-0.4, -0.2) is 19.6 Å². The lowest BCUT2D eigenvalue weighted by atomic mass is 10.1. The van der Waals surface area contributed by atoms with Crippen LogP contribution < -0.4 is 15.4 Å². The van der Waals surface area contributed by atoms with E-state index in [-0.39, 0.29) is 11.4 Å². The smallest absolute Gasteiger partial charge is 0.267 e. The molecule has 0 bridgehead atoms. The molecule has 0 radical (unpaired) electrons. The molecular weight excluding hydrogens is 357 g/mol. The standard InChI is InChI=1S/C19H17ClFN3O2/c1-26-18-6-5-15(20)10-17(18)24-19(25)14(11-22)12-23-8-7-13-3-2-4-16(21)9-13/h2-6,9-10,12,23H,7-8H2,1H3,(H,24,25)/b14-12-. The number of nitriles is 1. The summed E-state index contributed by atoms with van der Waals surface area (Å²) in [4.78, 5) is 12.2. The van der Waals surface area contributed by atoms with Gasteiger partial charge < -0.3 is 15.4 Å². The van der Waals surface area contributed by atoms with Crippen LogP contribution in [0.25, 0.3) is 0 Å². The van der Waals surface area contributed by atoms with Crippen LogP contribution in [0.15, 0.2) is 54.2 Å². The summed E-state index contributed by atoms with van der Waals surface area (Å²) >= 11 is 5.92. The molecule has 0 heterocycles. The first-order valence-corrected chi connectivity index (χ1v) is 8.14. The predicted molar refractivity (Wildman–Crippen MR) is 98.4 cm³/mol. The lowest BCUT2D eigenvalue weighted by Crippen LogP contribution is -2.18. The van der Waals surface area contributed by atoms with Crippen molar-refractivity contribution in [3.05, 3.63) is 70.6 Å². The van der Waals surface area contributed by atoms with Crippen LogP contribution in [0, 0.1) is 17.1 Å². The third kappa shape index (κ3) is 5.50. The molecule has 0 saturated heterocycles. The second-order valence-corrected chi connectivity index (χ2v) is 5.74. The molecule has 0 aliphatic rings. The number of carbonyl (C=O) groups excluding carboxylic acids is 1. The van der Waals surface area contributed by atoms with Crippen LogP contribution >= 0.6 is 11.6 Å². The Hall–Kier alpha value is -3.04. The average molecular weight is 374 g/mol. The van der Waals surface area contributed by atoms with Crippen LogP contribution in [0.5, 0.6) is 5.75 Å². The van der Waals surface area contributed by atoms with Gasteiger partial charge in [0.2, 0.25) is 0 Å². The maximum absolute atomic E-state index is 13.1. The number of nitrogens with zero attached hydrogens (tertiary/aromatic N) is 1. The fourth-order valence-corrected chi connectivity index (χ4v) is 2.37. The fraction of sp³-hybridized carbons (Fsp3) is 0.158. The van der Waals surface area contributed by atoms with Gasteiger partial charge in [-0.05, 0) is 42.3 Å². The van der Waals surface area contributed by atoms with E-state index in [2.05, 4.69) is 10.6 Å². The third-order valence-electron chi connectivity index (χ3n) is 3.47. The first-order chi connectivity index (χ1) is 12.5. The molecule has 0 aliphatic carbocycles. The Labute approximate surface area is 156 Å². The highest BCUT2D eigenvalue weighted by atomic mass is 35.5. The van der Waals surface area contributed by atoms with Crippen molar-refractivity contribution in [2.75, 3.05) is 19.0 Å².